The van der Waals surface area contributed by atoms with Crippen molar-refractivity contribution in [1.82, 2.24) is 19.1 Å². The predicted octanol–water partition coefficient (Wildman–Crippen LogP) is 0.595. The summed E-state index contributed by atoms with van der Waals surface area (Å²) >= 11 is 1.29. The van der Waals surface area contributed by atoms with Crippen LogP contribution >= 0.6 is 11.5 Å². The third kappa shape index (κ3) is 1.62. The van der Waals surface area contributed by atoms with E-state index >= 15 is 0 Å². The van der Waals surface area contributed by atoms with Crippen molar-refractivity contribution in [2.24, 2.45) is 0 Å². The van der Waals surface area contributed by atoms with E-state index in [0.29, 0.717) is 12.4 Å². The summed E-state index contributed by atoms with van der Waals surface area (Å²) in [7, 11) is 0. The van der Waals surface area contributed by atoms with Gasteiger partial charge in [0.15, 0.2) is 12.1 Å². The van der Waals surface area contributed by atoms with Crippen molar-refractivity contribution in [3.63, 3.8) is 0 Å². The third-order valence-electron chi connectivity index (χ3n) is 1.59. The average Bonchev–Trinajstić information content (AvgIpc) is 2.76. The van der Waals surface area contributed by atoms with E-state index in [1.165, 1.54) is 11.5 Å². The molecule has 66 valence electrons. The molecule has 0 aliphatic heterocycles. The second kappa shape index (κ2) is 3.44. The number of nitrogens with zero attached hydrogens (tertiary/aromatic N) is 4. The molecule has 2 rings (SSSR count). The highest BCUT2D eigenvalue weighted by Gasteiger charge is 2.02. The first-order valence-electron chi connectivity index (χ1n) is 3.62. The van der Waals surface area contributed by atoms with E-state index in [1.54, 1.807) is 17.0 Å². The highest BCUT2D eigenvalue weighted by molar-refractivity contribution is 7.03. The molecule has 2 aromatic rings. The van der Waals surface area contributed by atoms with Crippen LogP contribution in [0.2, 0.25) is 0 Å². The Hall–Kier alpha value is -1.56. The molecule has 0 fully saturated rings. The minimum Gasteiger partial charge on any atom is -0.323 e. The Morgan fingerprint density at radius 2 is 2.54 bits per heavy atom. The maximum absolute atomic E-state index is 10.5. The molecule has 0 spiro atoms. The molecule has 13 heavy (non-hydrogen) atoms. The normalized spacial score (nSPS) is 10.2. The van der Waals surface area contributed by atoms with Crippen molar-refractivity contribution in [1.29, 1.82) is 0 Å². The molecule has 0 radical (unpaired) electrons. The molecule has 0 amide bonds. The van der Waals surface area contributed by atoms with Gasteiger partial charge in [-0.1, -0.05) is 4.49 Å². The molecule has 0 atom stereocenters. The lowest BCUT2D eigenvalue weighted by Crippen LogP contribution is -2.03. The average molecular weight is 194 g/mol. The van der Waals surface area contributed by atoms with Gasteiger partial charge in [0.2, 0.25) is 0 Å². The molecule has 2 heterocycles. The quantitative estimate of drug-likeness (QED) is 0.671. The van der Waals surface area contributed by atoms with Gasteiger partial charge in [0.05, 0.1) is 12.2 Å². The lowest BCUT2D eigenvalue weighted by atomic mass is 10.5. The molecular weight excluding hydrogens is 188 g/mol. The topological polar surface area (TPSA) is 60.7 Å². The van der Waals surface area contributed by atoms with E-state index in [1.807, 2.05) is 5.38 Å². The van der Waals surface area contributed by atoms with Gasteiger partial charge in [0.25, 0.3) is 0 Å². The molecule has 0 aliphatic carbocycles. The predicted molar refractivity (Wildman–Crippen MR) is 46.6 cm³/mol. The lowest BCUT2D eigenvalue weighted by molar-refractivity contribution is 0.111. The summed E-state index contributed by atoms with van der Waals surface area (Å²) in [6, 6.07) is 0. The molecule has 0 saturated heterocycles. The molecule has 5 nitrogen and oxygen atoms in total. The van der Waals surface area contributed by atoms with Crippen LogP contribution in [0.3, 0.4) is 0 Å². The monoisotopic (exact) mass is 194 g/mol. The highest BCUT2D eigenvalue weighted by atomic mass is 32.1. The van der Waals surface area contributed by atoms with Crippen molar-refractivity contribution in [2.45, 2.75) is 6.54 Å². The zero-order valence-electron chi connectivity index (χ0n) is 6.62. The van der Waals surface area contributed by atoms with Crippen molar-refractivity contribution in [3.8, 4) is 0 Å². The zero-order valence-corrected chi connectivity index (χ0v) is 7.44. The minimum atomic E-state index is 0.410. The molecule has 2 aromatic heterocycles. The maximum atomic E-state index is 10.5. The molecular formula is C7H6N4OS. The maximum Gasteiger partial charge on any atom is 0.185 e. The highest BCUT2D eigenvalue weighted by Crippen LogP contribution is 2.02. The molecule has 0 N–H and O–H groups in total. The first-order valence-corrected chi connectivity index (χ1v) is 4.46. The number of hydrogen-bond donors (Lipinski definition) is 0. The van der Waals surface area contributed by atoms with Gasteiger partial charge in [0, 0.05) is 17.8 Å². The van der Waals surface area contributed by atoms with Gasteiger partial charge in [-0.05, 0) is 11.5 Å². The summed E-state index contributed by atoms with van der Waals surface area (Å²) in [5, 5.41) is 5.71. The fraction of sp³-hybridized carbons (Fsp3) is 0.143. The minimum absolute atomic E-state index is 0.410. The second-order valence-electron chi connectivity index (χ2n) is 2.43. The standard InChI is InChI=1S/C7H6N4OS/c12-4-7-8-1-2-11(7)3-6-5-13-10-9-6/h1-2,4-5H,3H2. The van der Waals surface area contributed by atoms with Crippen LogP contribution in [-0.4, -0.2) is 25.4 Å². The summed E-state index contributed by atoms with van der Waals surface area (Å²) in [6.45, 7) is 0.546. The number of rotatable bonds is 3. The zero-order chi connectivity index (χ0) is 9.10. The van der Waals surface area contributed by atoms with Crippen molar-refractivity contribution in [2.75, 3.05) is 0 Å². The van der Waals surface area contributed by atoms with Gasteiger partial charge < -0.3 is 4.57 Å². The van der Waals surface area contributed by atoms with Gasteiger partial charge in [-0.15, -0.1) is 5.10 Å². The fourth-order valence-corrected chi connectivity index (χ4v) is 1.44. The van der Waals surface area contributed by atoms with Crippen LogP contribution in [0.25, 0.3) is 0 Å². The largest absolute Gasteiger partial charge is 0.323 e. The van der Waals surface area contributed by atoms with E-state index in [0.717, 1.165) is 12.0 Å². The molecule has 0 bridgehead atoms. The van der Waals surface area contributed by atoms with Gasteiger partial charge in [-0.25, -0.2) is 4.98 Å². The summed E-state index contributed by atoms with van der Waals surface area (Å²) in [5.74, 6) is 0.410. The van der Waals surface area contributed by atoms with E-state index in [4.69, 9.17) is 0 Å². The Balaban J connectivity index is 2.23. The summed E-state index contributed by atoms with van der Waals surface area (Å²) in [6.07, 6.45) is 4.05. The Morgan fingerprint density at radius 3 is 3.23 bits per heavy atom. The second-order valence-corrected chi connectivity index (χ2v) is 3.04. The summed E-state index contributed by atoms with van der Waals surface area (Å²) in [5.41, 5.74) is 0.839. The van der Waals surface area contributed by atoms with Crippen molar-refractivity contribution >= 4 is 17.8 Å². The van der Waals surface area contributed by atoms with Crippen LogP contribution in [0.1, 0.15) is 16.3 Å². The Bertz CT molecular complexity index is 394. The van der Waals surface area contributed by atoms with Crippen LogP contribution in [0.15, 0.2) is 17.8 Å². The van der Waals surface area contributed by atoms with Gasteiger partial charge in [-0.3, -0.25) is 4.79 Å². The van der Waals surface area contributed by atoms with Gasteiger partial charge >= 0.3 is 0 Å². The number of aromatic nitrogens is 4. The summed E-state index contributed by atoms with van der Waals surface area (Å²) < 4.78 is 5.45. The number of imidazole rings is 1. The van der Waals surface area contributed by atoms with Crippen LogP contribution < -0.4 is 0 Å². The van der Waals surface area contributed by atoms with Crippen molar-refractivity contribution < 1.29 is 4.79 Å². The van der Waals surface area contributed by atoms with Crippen LogP contribution in [-0.2, 0) is 6.54 Å². The molecule has 0 aliphatic rings. The number of carbonyl (C=O) groups excluding carboxylic acids is 1. The SMILES string of the molecule is O=Cc1nccn1Cc1csnn1. The summed E-state index contributed by atoms with van der Waals surface area (Å²) in [4.78, 5) is 14.4. The van der Waals surface area contributed by atoms with E-state index in [2.05, 4.69) is 14.6 Å². The molecule has 0 saturated carbocycles. The lowest BCUT2D eigenvalue weighted by Gasteiger charge is -1.98. The Morgan fingerprint density at radius 1 is 1.62 bits per heavy atom. The smallest absolute Gasteiger partial charge is 0.185 e. The first-order chi connectivity index (χ1) is 6.40. The van der Waals surface area contributed by atoms with E-state index in [-0.39, 0.29) is 0 Å². The Kier molecular flexibility index (Phi) is 2.13. The molecule has 0 unspecified atom stereocenters. The van der Waals surface area contributed by atoms with Crippen molar-refractivity contribution in [3.05, 3.63) is 29.3 Å². The number of hydrogen-bond acceptors (Lipinski definition) is 5. The molecule has 6 heteroatoms. The van der Waals surface area contributed by atoms with Crippen LogP contribution in [0.4, 0.5) is 0 Å². The van der Waals surface area contributed by atoms with E-state index in [9.17, 15) is 4.79 Å². The third-order valence-corrected chi connectivity index (χ3v) is 2.14. The first kappa shape index (κ1) is 8.06. The van der Waals surface area contributed by atoms with Gasteiger partial charge in [0.1, 0.15) is 0 Å². The van der Waals surface area contributed by atoms with Gasteiger partial charge in [-0.2, -0.15) is 0 Å². The van der Waals surface area contributed by atoms with Crippen LogP contribution in [0.5, 0.6) is 0 Å². The molecule has 0 aromatic carbocycles. The fourth-order valence-electron chi connectivity index (χ4n) is 1.000. The van der Waals surface area contributed by atoms with E-state index < -0.39 is 0 Å². The number of carbonyl (C=O) groups is 1. The number of aldehydes is 1. The Labute approximate surface area is 78.2 Å². The van der Waals surface area contributed by atoms with Crippen LogP contribution in [0, 0.1) is 0 Å².